The van der Waals surface area contributed by atoms with Crippen molar-refractivity contribution in [3.8, 4) is 0 Å². The lowest BCUT2D eigenvalue weighted by Crippen LogP contribution is -2.13. The molecule has 0 saturated carbocycles. The van der Waals surface area contributed by atoms with Crippen molar-refractivity contribution in [1.29, 1.82) is 0 Å². The number of rotatable bonds is 2. The van der Waals surface area contributed by atoms with Crippen LogP contribution < -0.4 is 5.73 Å². The van der Waals surface area contributed by atoms with Crippen LogP contribution in [0, 0.1) is 0 Å². The van der Waals surface area contributed by atoms with E-state index in [1.165, 1.54) is 17.4 Å². The first-order valence-corrected chi connectivity index (χ1v) is 6.77. The van der Waals surface area contributed by atoms with Gasteiger partial charge in [0.05, 0.1) is 11.6 Å². The number of hydrogen-bond acceptors (Lipinski definition) is 2. The predicted octanol–water partition coefficient (Wildman–Crippen LogP) is 4.58. The topological polar surface area (TPSA) is 26.0 Å². The summed E-state index contributed by atoms with van der Waals surface area (Å²) in [5.74, 6) is 0. The van der Waals surface area contributed by atoms with Crippen molar-refractivity contribution in [3.05, 3.63) is 56.2 Å². The highest BCUT2D eigenvalue weighted by Gasteiger charge is 2.33. The van der Waals surface area contributed by atoms with Crippen molar-refractivity contribution < 1.29 is 13.2 Å². The largest absolute Gasteiger partial charge is 0.417 e. The van der Waals surface area contributed by atoms with E-state index in [-0.39, 0.29) is 4.47 Å². The Morgan fingerprint density at radius 3 is 2.44 bits per heavy atom. The molecule has 0 radical (unpaired) electrons. The van der Waals surface area contributed by atoms with Gasteiger partial charge in [-0.1, -0.05) is 22.0 Å². The zero-order chi connectivity index (χ0) is 13.3. The first kappa shape index (κ1) is 13.6. The Kier molecular flexibility index (Phi) is 3.79. The van der Waals surface area contributed by atoms with Gasteiger partial charge >= 0.3 is 6.18 Å². The summed E-state index contributed by atoms with van der Waals surface area (Å²) in [6.45, 7) is 0. The summed E-state index contributed by atoms with van der Waals surface area (Å²) in [6, 6.07) is 5.34. The van der Waals surface area contributed by atoms with Crippen molar-refractivity contribution in [3.63, 3.8) is 0 Å². The van der Waals surface area contributed by atoms with Gasteiger partial charge in [-0.3, -0.25) is 0 Å². The molecule has 0 saturated heterocycles. The van der Waals surface area contributed by atoms with Gasteiger partial charge in [0.1, 0.15) is 0 Å². The normalized spacial score (nSPS) is 13.6. The van der Waals surface area contributed by atoms with Crippen LogP contribution in [-0.4, -0.2) is 0 Å². The quantitative estimate of drug-likeness (QED) is 0.854. The van der Waals surface area contributed by atoms with Gasteiger partial charge in [0.15, 0.2) is 0 Å². The monoisotopic (exact) mass is 335 g/mol. The molecule has 6 heteroatoms. The molecule has 2 rings (SSSR count). The zero-order valence-electron chi connectivity index (χ0n) is 9.04. The average Bonchev–Trinajstić information content (AvgIpc) is 2.80. The van der Waals surface area contributed by atoms with Crippen LogP contribution in [0.1, 0.15) is 22.7 Å². The van der Waals surface area contributed by atoms with Crippen LogP contribution in [0.5, 0.6) is 0 Å². The number of alkyl halides is 3. The molecule has 0 bridgehead atoms. The van der Waals surface area contributed by atoms with Crippen LogP contribution in [0.2, 0.25) is 0 Å². The smallest absolute Gasteiger partial charge is 0.320 e. The van der Waals surface area contributed by atoms with Crippen LogP contribution in [-0.2, 0) is 6.18 Å². The van der Waals surface area contributed by atoms with Gasteiger partial charge in [-0.05, 0) is 40.1 Å². The molecule has 0 aliphatic carbocycles. The van der Waals surface area contributed by atoms with Gasteiger partial charge in [-0.15, -0.1) is 0 Å². The van der Waals surface area contributed by atoms with Gasteiger partial charge in [0.25, 0.3) is 0 Å². The maximum Gasteiger partial charge on any atom is 0.417 e. The number of nitrogens with two attached hydrogens (primary N) is 1. The standard InChI is InChI=1S/C12H9BrF3NS/c13-10-2-1-7(5-9(10)12(14,15)16)11(17)8-3-4-18-6-8/h1-6,11H,17H2. The summed E-state index contributed by atoms with van der Waals surface area (Å²) >= 11 is 4.37. The molecule has 1 nitrogen and oxygen atoms in total. The van der Waals surface area contributed by atoms with Crippen molar-refractivity contribution >= 4 is 27.3 Å². The van der Waals surface area contributed by atoms with E-state index in [0.717, 1.165) is 11.6 Å². The molecule has 1 unspecified atom stereocenters. The van der Waals surface area contributed by atoms with Crippen molar-refractivity contribution in [2.45, 2.75) is 12.2 Å². The second kappa shape index (κ2) is 5.03. The van der Waals surface area contributed by atoms with Crippen molar-refractivity contribution in [2.75, 3.05) is 0 Å². The molecule has 0 fully saturated rings. The molecule has 0 amide bonds. The fourth-order valence-corrected chi connectivity index (χ4v) is 2.77. The number of thiophene rings is 1. The third kappa shape index (κ3) is 2.76. The molecule has 0 spiro atoms. The third-order valence-corrected chi connectivity index (χ3v) is 3.95. The molecule has 2 aromatic rings. The molecule has 2 N–H and O–H groups in total. The average molecular weight is 336 g/mol. The molecule has 0 aliphatic heterocycles. The summed E-state index contributed by atoms with van der Waals surface area (Å²) in [6.07, 6.45) is -4.39. The second-order valence-electron chi connectivity index (χ2n) is 3.77. The molecule has 1 atom stereocenters. The summed E-state index contributed by atoms with van der Waals surface area (Å²) in [5.41, 5.74) is 6.51. The van der Waals surface area contributed by atoms with E-state index in [2.05, 4.69) is 15.9 Å². The first-order chi connectivity index (χ1) is 8.39. The lowest BCUT2D eigenvalue weighted by molar-refractivity contribution is -0.138. The molecule has 0 aliphatic rings. The molecule has 1 aromatic carbocycles. The highest BCUT2D eigenvalue weighted by molar-refractivity contribution is 9.10. The SMILES string of the molecule is NC(c1ccsc1)c1ccc(Br)c(C(F)(F)F)c1. The lowest BCUT2D eigenvalue weighted by Gasteiger charge is -2.15. The van der Waals surface area contributed by atoms with Gasteiger partial charge in [-0.25, -0.2) is 0 Å². The number of hydrogen-bond donors (Lipinski definition) is 1. The van der Waals surface area contributed by atoms with Crippen LogP contribution >= 0.6 is 27.3 Å². The third-order valence-electron chi connectivity index (χ3n) is 2.56. The molecule has 18 heavy (non-hydrogen) atoms. The van der Waals surface area contributed by atoms with E-state index in [0.29, 0.717) is 5.56 Å². The Morgan fingerprint density at radius 2 is 1.89 bits per heavy atom. The number of benzene rings is 1. The van der Waals surface area contributed by atoms with Crippen molar-refractivity contribution in [1.82, 2.24) is 0 Å². The minimum atomic E-state index is -4.39. The highest BCUT2D eigenvalue weighted by atomic mass is 79.9. The van der Waals surface area contributed by atoms with E-state index in [1.807, 2.05) is 16.8 Å². The summed E-state index contributed by atoms with van der Waals surface area (Å²) < 4.78 is 38.3. The van der Waals surface area contributed by atoms with E-state index in [4.69, 9.17) is 5.73 Å². The fraction of sp³-hybridized carbons (Fsp3) is 0.167. The summed E-state index contributed by atoms with van der Waals surface area (Å²) in [5, 5.41) is 3.68. The molecule has 1 aromatic heterocycles. The van der Waals surface area contributed by atoms with Crippen LogP contribution in [0.15, 0.2) is 39.5 Å². The number of halogens is 4. The van der Waals surface area contributed by atoms with E-state index in [9.17, 15) is 13.2 Å². The van der Waals surface area contributed by atoms with Gasteiger partial charge < -0.3 is 5.73 Å². The second-order valence-corrected chi connectivity index (χ2v) is 5.41. The Hall–Kier alpha value is -0.850. The molecule has 96 valence electrons. The van der Waals surface area contributed by atoms with E-state index >= 15 is 0 Å². The van der Waals surface area contributed by atoms with Gasteiger partial charge in [-0.2, -0.15) is 24.5 Å². The van der Waals surface area contributed by atoms with Gasteiger partial charge in [0, 0.05) is 4.47 Å². The summed E-state index contributed by atoms with van der Waals surface area (Å²) in [7, 11) is 0. The Labute approximate surface area is 115 Å². The molecular weight excluding hydrogens is 327 g/mol. The lowest BCUT2D eigenvalue weighted by atomic mass is 10.00. The minimum absolute atomic E-state index is 0.0243. The van der Waals surface area contributed by atoms with Crippen LogP contribution in [0.4, 0.5) is 13.2 Å². The molecular formula is C12H9BrF3NS. The Bertz CT molecular complexity index is 537. The summed E-state index contributed by atoms with van der Waals surface area (Å²) in [4.78, 5) is 0. The van der Waals surface area contributed by atoms with E-state index in [1.54, 1.807) is 6.07 Å². The molecule has 1 heterocycles. The predicted molar refractivity (Wildman–Crippen MR) is 69.5 cm³/mol. The fourth-order valence-electron chi connectivity index (χ4n) is 1.60. The van der Waals surface area contributed by atoms with Gasteiger partial charge in [0.2, 0.25) is 0 Å². The Balaban J connectivity index is 2.42. The first-order valence-electron chi connectivity index (χ1n) is 5.04. The maximum atomic E-state index is 12.8. The van der Waals surface area contributed by atoms with E-state index < -0.39 is 17.8 Å². The Morgan fingerprint density at radius 1 is 1.17 bits per heavy atom. The van der Waals surface area contributed by atoms with Crippen LogP contribution in [0.25, 0.3) is 0 Å². The maximum absolute atomic E-state index is 12.8. The van der Waals surface area contributed by atoms with Crippen LogP contribution in [0.3, 0.4) is 0 Å². The highest BCUT2D eigenvalue weighted by Crippen LogP contribution is 2.36. The van der Waals surface area contributed by atoms with Crippen molar-refractivity contribution in [2.24, 2.45) is 5.73 Å². The minimum Gasteiger partial charge on any atom is -0.320 e. The zero-order valence-corrected chi connectivity index (χ0v) is 11.4.